The van der Waals surface area contributed by atoms with E-state index >= 15 is 0 Å². The van der Waals surface area contributed by atoms with Crippen molar-refractivity contribution in [1.82, 2.24) is 0 Å². The maximum absolute atomic E-state index is 13.2. The van der Waals surface area contributed by atoms with Gasteiger partial charge in [0.15, 0.2) is 11.5 Å². The second-order valence-corrected chi connectivity index (χ2v) is 9.96. The van der Waals surface area contributed by atoms with Gasteiger partial charge in [-0.3, -0.25) is 4.79 Å². The topological polar surface area (TPSA) is 80.6 Å². The number of benzene rings is 4. The van der Waals surface area contributed by atoms with Crippen LogP contribution in [-0.4, -0.2) is 12.5 Å². The zero-order valence-electron chi connectivity index (χ0n) is 22.6. The minimum Gasteiger partial charge on any atom is -0.490 e. The summed E-state index contributed by atoms with van der Waals surface area (Å²) >= 11 is 3.50. The van der Waals surface area contributed by atoms with Crippen LogP contribution in [0.25, 0.3) is 6.08 Å². The highest BCUT2D eigenvalue weighted by Gasteiger charge is 2.15. The Hall–Kier alpha value is -4.61. The number of nitrogens with zero attached hydrogens (tertiary/aromatic N) is 1. The number of nitrogens with one attached hydrogen (secondary N) is 1. The maximum atomic E-state index is 13.2. The Labute approximate surface area is 247 Å². The first-order valence-corrected chi connectivity index (χ1v) is 13.7. The quantitative estimate of drug-likeness (QED) is 0.137. The van der Waals surface area contributed by atoms with Crippen molar-refractivity contribution in [3.63, 3.8) is 0 Å². The third-order valence-electron chi connectivity index (χ3n) is 5.94. The molecule has 0 aliphatic heterocycles. The number of hydrogen-bond donors (Lipinski definition) is 1. The van der Waals surface area contributed by atoms with Gasteiger partial charge in [-0.1, -0.05) is 42.0 Å². The molecule has 4 aromatic carbocycles. The first kappa shape index (κ1) is 29.4. The first-order valence-electron chi connectivity index (χ1n) is 12.9. The molecule has 0 aliphatic rings. The van der Waals surface area contributed by atoms with Crippen LogP contribution in [0.1, 0.15) is 29.2 Å². The second kappa shape index (κ2) is 14.1. The van der Waals surface area contributed by atoms with Gasteiger partial charge in [-0.2, -0.15) is 5.26 Å². The largest absolute Gasteiger partial charge is 0.490 e. The lowest BCUT2D eigenvalue weighted by Gasteiger charge is -2.15. The van der Waals surface area contributed by atoms with Gasteiger partial charge in [0, 0.05) is 5.69 Å². The average Bonchev–Trinajstić information content (AvgIpc) is 2.97. The molecule has 0 saturated heterocycles. The number of hydrogen-bond acceptors (Lipinski definition) is 5. The summed E-state index contributed by atoms with van der Waals surface area (Å²) in [5, 5.41) is 12.5. The fraction of sp³-hybridized carbons (Fsp3) is 0.152. The van der Waals surface area contributed by atoms with Crippen LogP contribution >= 0.6 is 15.9 Å². The molecule has 0 bridgehead atoms. The van der Waals surface area contributed by atoms with Crippen LogP contribution in [0.4, 0.5) is 10.1 Å². The molecule has 6 nitrogen and oxygen atoms in total. The van der Waals surface area contributed by atoms with Crippen LogP contribution in [-0.2, 0) is 18.0 Å². The molecule has 41 heavy (non-hydrogen) atoms. The van der Waals surface area contributed by atoms with Gasteiger partial charge < -0.3 is 19.5 Å². The summed E-state index contributed by atoms with van der Waals surface area (Å²) in [7, 11) is 0. The van der Waals surface area contributed by atoms with Crippen molar-refractivity contribution in [2.45, 2.75) is 27.1 Å². The van der Waals surface area contributed by atoms with Gasteiger partial charge in [0.05, 0.1) is 11.1 Å². The highest BCUT2D eigenvalue weighted by atomic mass is 79.9. The summed E-state index contributed by atoms with van der Waals surface area (Å²) in [4.78, 5) is 12.9. The number of anilines is 1. The number of nitriles is 1. The molecule has 0 fully saturated rings. The fourth-order valence-corrected chi connectivity index (χ4v) is 4.38. The molecule has 0 unspecified atom stereocenters. The Kier molecular flexibility index (Phi) is 10.1. The van der Waals surface area contributed by atoms with Crippen LogP contribution in [0.2, 0.25) is 0 Å². The molecule has 1 amide bonds. The average molecular weight is 615 g/mol. The number of rotatable bonds is 11. The fourth-order valence-electron chi connectivity index (χ4n) is 3.81. The minimum atomic E-state index is -0.549. The van der Waals surface area contributed by atoms with Crippen LogP contribution < -0.4 is 19.5 Å². The smallest absolute Gasteiger partial charge is 0.266 e. The predicted octanol–water partition coefficient (Wildman–Crippen LogP) is 8.00. The lowest BCUT2D eigenvalue weighted by molar-refractivity contribution is -0.112. The molecule has 208 valence electrons. The Morgan fingerprint density at radius 2 is 1.56 bits per heavy atom. The van der Waals surface area contributed by atoms with Gasteiger partial charge in [0.1, 0.15) is 36.4 Å². The van der Waals surface area contributed by atoms with E-state index in [1.165, 1.54) is 23.8 Å². The van der Waals surface area contributed by atoms with Gasteiger partial charge >= 0.3 is 0 Å². The van der Waals surface area contributed by atoms with E-state index < -0.39 is 5.91 Å². The number of carbonyl (C=O) groups excluding carboxylic acids is 1. The molecule has 1 N–H and O–H groups in total. The predicted molar refractivity (Wildman–Crippen MR) is 160 cm³/mol. The summed E-state index contributed by atoms with van der Waals surface area (Å²) in [6.45, 7) is 4.89. The lowest BCUT2D eigenvalue weighted by Crippen LogP contribution is -2.13. The molecule has 0 saturated carbocycles. The maximum Gasteiger partial charge on any atom is 0.266 e. The number of ether oxygens (including phenoxy) is 3. The normalized spacial score (nSPS) is 11.0. The summed E-state index contributed by atoms with van der Waals surface area (Å²) in [6.07, 6.45) is 1.48. The number of carbonyl (C=O) groups is 1. The highest BCUT2D eigenvalue weighted by molar-refractivity contribution is 9.10. The third-order valence-corrected chi connectivity index (χ3v) is 6.53. The number of halogens is 2. The Morgan fingerprint density at radius 3 is 2.20 bits per heavy atom. The van der Waals surface area contributed by atoms with Crippen LogP contribution in [0, 0.1) is 24.1 Å². The van der Waals surface area contributed by atoms with Crippen molar-refractivity contribution < 1.29 is 23.4 Å². The molecule has 8 heteroatoms. The zero-order valence-corrected chi connectivity index (χ0v) is 24.2. The van der Waals surface area contributed by atoms with Gasteiger partial charge in [-0.15, -0.1) is 0 Å². The SMILES string of the molecule is CCOc1cc(/C=C(\C#N)C(=O)Nc2ccc(OCc3ccc(C)cc3)cc2)cc(Br)c1OCc1ccc(F)cc1. The van der Waals surface area contributed by atoms with Crippen molar-refractivity contribution in [3.8, 4) is 23.3 Å². The number of amides is 1. The van der Waals surface area contributed by atoms with Crippen molar-refractivity contribution in [2.24, 2.45) is 0 Å². The Morgan fingerprint density at radius 1 is 0.927 bits per heavy atom. The number of aryl methyl sites for hydroxylation is 1. The molecule has 0 heterocycles. The lowest BCUT2D eigenvalue weighted by atomic mass is 10.1. The zero-order chi connectivity index (χ0) is 29.2. The van der Waals surface area contributed by atoms with Gasteiger partial charge in [0.25, 0.3) is 5.91 Å². The first-order chi connectivity index (χ1) is 19.8. The van der Waals surface area contributed by atoms with Crippen molar-refractivity contribution in [2.75, 3.05) is 11.9 Å². The molecule has 0 atom stereocenters. The van der Waals surface area contributed by atoms with Crippen LogP contribution in [0.5, 0.6) is 17.2 Å². The van der Waals surface area contributed by atoms with E-state index in [4.69, 9.17) is 14.2 Å². The van der Waals surface area contributed by atoms with E-state index in [2.05, 4.69) is 21.2 Å². The van der Waals surface area contributed by atoms with Crippen molar-refractivity contribution in [1.29, 1.82) is 5.26 Å². The standard InChI is InChI=1S/C33H28BrFN2O4/c1-3-39-31-18-25(17-30(34)32(31)41-21-24-8-10-27(35)11-9-24)16-26(19-36)33(38)37-28-12-14-29(15-13-28)40-20-23-6-4-22(2)5-7-23/h4-18H,3,20-21H2,1-2H3,(H,37,38)/b26-16+. The van der Waals surface area contributed by atoms with E-state index in [-0.39, 0.29) is 18.0 Å². The van der Waals surface area contributed by atoms with Crippen molar-refractivity contribution in [3.05, 3.63) is 123 Å². The molecule has 4 rings (SSSR count). The highest BCUT2D eigenvalue weighted by Crippen LogP contribution is 2.38. The molecule has 0 aliphatic carbocycles. The van der Waals surface area contributed by atoms with E-state index in [1.807, 2.05) is 44.2 Å². The van der Waals surface area contributed by atoms with Crippen LogP contribution in [0.3, 0.4) is 0 Å². The summed E-state index contributed by atoms with van der Waals surface area (Å²) in [6, 6.07) is 26.5. The summed E-state index contributed by atoms with van der Waals surface area (Å²) in [5.74, 6) is 0.690. The van der Waals surface area contributed by atoms with Crippen LogP contribution in [0.15, 0.2) is 95.0 Å². The molecule has 0 aromatic heterocycles. The Bertz CT molecular complexity index is 1560. The van der Waals surface area contributed by atoms with Gasteiger partial charge in [-0.05, 0) is 101 Å². The van der Waals surface area contributed by atoms with E-state index in [0.29, 0.717) is 46.2 Å². The molecule has 0 spiro atoms. The molecule has 4 aromatic rings. The summed E-state index contributed by atoms with van der Waals surface area (Å²) in [5.41, 5.74) is 4.05. The van der Waals surface area contributed by atoms with Gasteiger partial charge in [0.2, 0.25) is 0 Å². The molecule has 0 radical (unpaired) electrons. The Balaban J connectivity index is 1.43. The van der Waals surface area contributed by atoms with Crippen molar-refractivity contribution >= 4 is 33.6 Å². The monoisotopic (exact) mass is 614 g/mol. The minimum absolute atomic E-state index is 0.0842. The molecular weight excluding hydrogens is 587 g/mol. The van der Waals surface area contributed by atoms with E-state index in [9.17, 15) is 14.4 Å². The molecular formula is C33H28BrFN2O4. The summed E-state index contributed by atoms with van der Waals surface area (Å²) < 4.78 is 31.3. The third kappa shape index (κ3) is 8.44. The van der Waals surface area contributed by atoms with Gasteiger partial charge in [-0.25, -0.2) is 4.39 Å². The van der Waals surface area contributed by atoms with E-state index in [1.54, 1.807) is 48.5 Å². The second-order valence-electron chi connectivity index (χ2n) is 9.10. The van der Waals surface area contributed by atoms with E-state index in [0.717, 1.165) is 11.1 Å².